The van der Waals surface area contributed by atoms with E-state index in [1.165, 1.54) is 0 Å². The maximum absolute atomic E-state index is 10.3. The minimum Gasteiger partial charge on any atom is -0.490 e. The summed E-state index contributed by atoms with van der Waals surface area (Å²) in [6, 6.07) is 7.44. The number of rotatable bonds is 4. The van der Waals surface area contributed by atoms with Crippen molar-refractivity contribution in [1.29, 1.82) is 0 Å². The average Bonchev–Trinajstić information content (AvgIpc) is 2.99. The fourth-order valence-electron chi connectivity index (χ4n) is 1.24. The molecule has 1 aromatic rings. The summed E-state index contributed by atoms with van der Waals surface area (Å²) >= 11 is 0. The van der Waals surface area contributed by atoms with Crippen LogP contribution in [0.4, 0.5) is 0 Å². The first-order chi connectivity index (χ1) is 7.24. The molecule has 0 aromatic heterocycles. The molecule has 0 spiro atoms. The highest BCUT2D eigenvalue weighted by atomic mass is 16.5. The molecule has 3 heteroatoms. The van der Waals surface area contributed by atoms with Gasteiger partial charge in [0.1, 0.15) is 5.75 Å². The zero-order valence-corrected chi connectivity index (χ0v) is 8.22. The molecule has 0 atom stereocenters. The molecule has 1 N–H and O–H groups in total. The van der Waals surface area contributed by atoms with Gasteiger partial charge in [-0.3, -0.25) is 0 Å². The smallest absolute Gasteiger partial charge is 0.328 e. The van der Waals surface area contributed by atoms with Crippen molar-refractivity contribution in [3.05, 3.63) is 35.9 Å². The Morgan fingerprint density at radius 2 is 2.27 bits per heavy atom. The Balaban J connectivity index is 2.07. The lowest BCUT2D eigenvalue weighted by Gasteiger charge is -2.04. The van der Waals surface area contributed by atoms with Gasteiger partial charge in [-0.05, 0) is 36.6 Å². The van der Waals surface area contributed by atoms with E-state index in [4.69, 9.17) is 9.84 Å². The molecule has 1 aliphatic carbocycles. The summed E-state index contributed by atoms with van der Waals surface area (Å²) in [5.74, 6) is -0.131. The Hall–Kier alpha value is -1.77. The van der Waals surface area contributed by atoms with E-state index in [0.717, 1.165) is 30.2 Å². The summed E-state index contributed by atoms with van der Waals surface area (Å²) in [7, 11) is 0. The minimum absolute atomic E-state index is 0.365. The van der Waals surface area contributed by atoms with Crippen molar-refractivity contribution in [1.82, 2.24) is 0 Å². The molecular formula is C12H12O3. The van der Waals surface area contributed by atoms with Crippen LogP contribution < -0.4 is 4.74 Å². The minimum atomic E-state index is -0.941. The number of hydrogen-bond acceptors (Lipinski definition) is 2. The Bertz CT molecular complexity index is 392. The van der Waals surface area contributed by atoms with Gasteiger partial charge in [-0.1, -0.05) is 12.1 Å². The van der Waals surface area contributed by atoms with Crippen LogP contribution in [-0.4, -0.2) is 17.2 Å². The van der Waals surface area contributed by atoms with E-state index in [2.05, 4.69) is 0 Å². The molecule has 1 saturated carbocycles. The second-order valence-electron chi connectivity index (χ2n) is 3.56. The molecule has 2 rings (SSSR count). The van der Waals surface area contributed by atoms with E-state index in [1.54, 1.807) is 6.08 Å². The lowest BCUT2D eigenvalue weighted by Crippen LogP contribution is -1.95. The van der Waals surface area contributed by atoms with Gasteiger partial charge in [0.05, 0.1) is 6.10 Å². The molecule has 0 radical (unpaired) electrons. The van der Waals surface area contributed by atoms with E-state index in [9.17, 15) is 4.79 Å². The topological polar surface area (TPSA) is 46.5 Å². The van der Waals surface area contributed by atoms with Crippen LogP contribution in [0.1, 0.15) is 18.4 Å². The SMILES string of the molecule is O=C(O)C=Cc1cccc(OC2CC2)c1. The van der Waals surface area contributed by atoms with Crippen LogP contribution in [-0.2, 0) is 4.79 Å². The van der Waals surface area contributed by atoms with Gasteiger partial charge < -0.3 is 9.84 Å². The van der Waals surface area contributed by atoms with Crippen LogP contribution >= 0.6 is 0 Å². The molecule has 0 amide bonds. The molecule has 1 aliphatic rings. The summed E-state index contributed by atoms with van der Waals surface area (Å²) in [5.41, 5.74) is 0.843. The molecule has 1 fully saturated rings. The fraction of sp³-hybridized carbons (Fsp3) is 0.250. The molecular weight excluding hydrogens is 192 g/mol. The summed E-state index contributed by atoms with van der Waals surface area (Å²) in [4.78, 5) is 10.3. The third-order valence-electron chi connectivity index (χ3n) is 2.10. The lowest BCUT2D eigenvalue weighted by atomic mass is 10.2. The largest absolute Gasteiger partial charge is 0.490 e. The molecule has 1 aromatic carbocycles. The van der Waals surface area contributed by atoms with Gasteiger partial charge in [0.2, 0.25) is 0 Å². The number of hydrogen-bond donors (Lipinski definition) is 1. The van der Waals surface area contributed by atoms with E-state index >= 15 is 0 Å². The van der Waals surface area contributed by atoms with Gasteiger partial charge in [-0.2, -0.15) is 0 Å². The Kier molecular flexibility index (Phi) is 2.72. The zero-order valence-electron chi connectivity index (χ0n) is 8.22. The van der Waals surface area contributed by atoms with Crippen LogP contribution in [0, 0.1) is 0 Å². The van der Waals surface area contributed by atoms with Crippen molar-refractivity contribution >= 4 is 12.0 Å². The number of carboxylic acids is 1. The predicted octanol–water partition coefficient (Wildman–Crippen LogP) is 2.33. The number of aliphatic carboxylic acids is 1. The van der Waals surface area contributed by atoms with Crippen molar-refractivity contribution < 1.29 is 14.6 Å². The van der Waals surface area contributed by atoms with Crippen LogP contribution in [0.2, 0.25) is 0 Å². The number of carbonyl (C=O) groups is 1. The van der Waals surface area contributed by atoms with Crippen molar-refractivity contribution in [2.45, 2.75) is 18.9 Å². The van der Waals surface area contributed by atoms with Crippen molar-refractivity contribution in [2.75, 3.05) is 0 Å². The molecule has 0 unspecified atom stereocenters. The third kappa shape index (κ3) is 3.13. The maximum Gasteiger partial charge on any atom is 0.328 e. The van der Waals surface area contributed by atoms with Gasteiger partial charge in [-0.25, -0.2) is 4.79 Å². The predicted molar refractivity (Wildman–Crippen MR) is 56.8 cm³/mol. The number of ether oxygens (including phenoxy) is 1. The van der Waals surface area contributed by atoms with E-state index in [1.807, 2.05) is 24.3 Å². The van der Waals surface area contributed by atoms with E-state index < -0.39 is 5.97 Å². The molecule has 15 heavy (non-hydrogen) atoms. The van der Waals surface area contributed by atoms with Gasteiger partial charge in [-0.15, -0.1) is 0 Å². The lowest BCUT2D eigenvalue weighted by molar-refractivity contribution is -0.131. The van der Waals surface area contributed by atoms with Crippen molar-refractivity contribution in [3.63, 3.8) is 0 Å². The quantitative estimate of drug-likeness (QED) is 0.765. The van der Waals surface area contributed by atoms with Crippen LogP contribution in [0.5, 0.6) is 5.75 Å². The van der Waals surface area contributed by atoms with Crippen LogP contribution in [0.15, 0.2) is 30.3 Å². The second kappa shape index (κ2) is 4.17. The van der Waals surface area contributed by atoms with Gasteiger partial charge in [0.25, 0.3) is 0 Å². The highest BCUT2D eigenvalue weighted by Gasteiger charge is 2.23. The Labute approximate surface area is 88.0 Å². The highest BCUT2D eigenvalue weighted by molar-refractivity contribution is 5.85. The highest BCUT2D eigenvalue weighted by Crippen LogP contribution is 2.27. The maximum atomic E-state index is 10.3. The second-order valence-corrected chi connectivity index (χ2v) is 3.56. The molecule has 0 bridgehead atoms. The third-order valence-corrected chi connectivity index (χ3v) is 2.10. The molecule has 3 nitrogen and oxygen atoms in total. The summed E-state index contributed by atoms with van der Waals surface area (Å²) in [6.45, 7) is 0. The van der Waals surface area contributed by atoms with Crippen molar-refractivity contribution in [2.24, 2.45) is 0 Å². The first kappa shape index (κ1) is 9.77. The standard InChI is InChI=1S/C12H12O3/c13-12(14)7-4-9-2-1-3-11(8-9)15-10-5-6-10/h1-4,7-8,10H,5-6H2,(H,13,14). The number of carboxylic acid groups (broad SMARTS) is 1. The summed E-state index contributed by atoms with van der Waals surface area (Å²) in [6.07, 6.45) is 5.28. The summed E-state index contributed by atoms with van der Waals surface area (Å²) in [5, 5.41) is 8.48. The van der Waals surface area contributed by atoms with Crippen LogP contribution in [0.25, 0.3) is 6.08 Å². The average molecular weight is 204 g/mol. The molecule has 78 valence electrons. The molecule has 0 saturated heterocycles. The molecule has 0 aliphatic heterocycles. The van der Waals surface area contributed by atoms with Crippen molar-refractivity contribution in [3.8, 4) is 5.75 Å². The van der Waals surface area contributed by atoms with E-state index in [-0.39, 0.29) is 0 Å². The summed E-state index contributed by atoms with van der Waals surface area (Å²) < 4.78 is 5.59. The van der Waals surface area contributed by atoms with Gasteiger partial charge >= 0.3 is 5.97 Å². The number of benzene rings is 1. The molecule has 0 heterocycles. The monoisotopic (exact) mass is 204 g/mol. The first-order valence-electron chi connectivity index (χ1n) is 4.92. The fourth-order valence-corrected chi connectivity index (χ4v) is 1.24. The van der Waals surface area contributed by atoms with E-state index in [0.29, 0.717) is 6.10 Å². The first-order valence-corrected chi connectivity index (χ1v) is 4.92. The van der Waals surface area contributed by atoms with Gasteiger partial charge in [0.15, 0.2) is 0 Å². The van der Waals surface area contributed by atoms with Crippen LogP contribution in [0.3, 0.4) is 0 Å². The zero-order chi connectivity index (χ0) is 10.7. The normalized spacial score (nSPS) is 15.5. The Morgan fingerprint density at radius 3 is 2.93 bits per heavy atom. The van der Waals surface area contributed by atoms with Gasteiger partial charge in [0, 0.05) is 6.08 Å². The Morgan fingerprint density at radius 1 is 1.47 bits per heavy atom.